The van der Waals surface area contributed by atoms with Crippen molar-refractivity contribution in [1.29, 1.82) is 0 Å². The molecule has 94 valence electrons. The lowest BCUT2D eigenvalue weighted by Gasteiger charge is -2.10. The highest BCUT2D eigenvalue weighted by Crippen LogP contribution is 2.15. The number of ether oxygens (including phenoxy) is 1. The van der Waals surface area contributed by atoms with Gasteiger partial charge in [0.1, 0.15) is 0 Å². The van der Waals surface area contributed by atoms with Crippen molar-refractivity contribution in [3.8, 4) is 0 Å². The highest BCUT2D eigenvalue weighted by atomic mass is 16.5. The molecule has 4 heteroatoms. The summed E-state index contributed by atoms with van der Waals surface area (Å²) in [5, 5.41) is 11.8. The summed E-state index contributed by atoms with van der Waals surface area (Å²) in [5.74, 6) is -0.732. The number of carbonyl (C=O) groups is 1. The monoisotopic (exact) mass is 237 g/mol. The molecule has 1 aromatic rings. The second kappa shape index (κ2) is 7.68. The Morgan fingerprint density at radius 2 is 2.12 bits per heavy atom. The number of hydrogen-bond acceptors (Lipinski definition) is 3. The zero-order chi connectivity index (χ0) is 12.5. The lowest BCUT2D eigenvalue weighted by atomic mass is 10.2. The van der Waals surface area contributed by atoms with Crippen molar-refractivity contribution in [2.75, 3.05) is 19.0 Å². The van der Waals surface area contributed by atoms with Gasteiger partial charge in [-0.1, -0.05) is 18.2 Å². The number of carboxylic acid groups (broad SMARTS) is 1. The van der Waals surface area contributed by atoms with Gasteiger partial charge in [-0.3, -0.25) is 4.79 Å². The van der Waals surface area contributed by atoms with Gasteiger partial charge < -0.3 is 15.2 Å². The average Bonchev–Trinajstić information content (AvgIpc) is 2.31. The van der Waals surface area contributed by atoms with Crippen molar-refractivity contribution in [1.82, 2.24) is 0 Å². The highest BCUT2D eigenvalue weighted by Gasteiger charge is 2.00. The van der Waals surface area contributed by atoms with E-state index in [1.54, 1.807) is 7.11 Å². The molecule has 4 nitrogen and oxygen atoms in total. The van der Waals surface area contributed by atoms with Gasteiger partial charge >= 0.3 is 5.97 Å². The summed E-state index contributed by atoms with van der Waals surface area (Å²) < 4.78 is 5.11. The van der Waals surface area contributed by atoms with Crippen LogP contribution in [-0.2, 0) is 16.1 Å². The number of para-hydroxylation sites is 1. The van der Waals surface area contributed by atoms with Crippen molar-refractivity contribution in [2.24, 2.45) is 0 Å². The number of methoxy groups -OCH3 is 1. The molecule has 1 rings (SSSR count). The number of anilines is 1. The molecular formula is C13H19NO3. The van der Waals surface area contributed by atoms with E-state index in [-0.39, 0.29) is 6.42 Å². The Balaban J connectivity index is 2.33. The molecule has 0 saturated heterocycles. The molecule has 0 aromatic heterocycles. The summed E-state index contributed by atoms with van der Waals surface area (Å²) in [7, 11) is 1.67. The van der Waals surface area contributed by atoms with E-state index in [4.69, 9.17) is 9.84 Å². The van der Waals surface area contributed by atoms with E-state index in [0.29, 0.717) is 13.0 Å². The minimum atomic E-state index is -0.732. The van der Waals surface area contributed by atoms with Gasteiger partial charge in [0.2, 0.25) is 0 Å². The first-order valence-electron chi connectivity index (χ1n) is 5.76. The van der Waals surface area contributed by atoms with E-state index in [0.717, 1.165) is 24.2 Å². The van der Waals surface area contributed by atoms with Gasteiger partial charge in [-0.15, -0.1) is 0 Å². The summed E-state index contributed by atoms with van der Waals surface area (Å²) in [5.41, 5.74) is 2.18. The smallest absolute Gasteiger partial charge is 0.303 e. The number of carboxylic acids is 1. The third-order valence-corrected chi connectivity index (χ3v) is 2.45. The minimum Gasteiger partial charge on any atom is -0.481 e. The SMILES string of the molecule is COCc1ccccc1NCCCCC(=O)O. The Morgan fingerprint density at radius 1 is 1.35 bits per heavy atom. The van der Waals surface area contributed by atoms with Crippen LogP contribution in [0.4, 0.5) is 5.69 Å². The van der Waals surface area contributed by atoms with Crippen LogP contribution in [0.3, 0.4) is 0 Å². The molecule has 0 atom stereocenters. The molecule has 0 bridgehead atoms. The van der Waals surface area contributed by atoms with Crippen molar-refractivity contribution >= 4 is 11.7 Å². The average molecular weight is 237 g/mol. The molecule has 0 radical (unpaired) electrons. The van der Waals surface area contributed by atoms with Crippen LogP contribution < -0.4 is 5.32 Å². The summed E-state index contributed by atoms with van der Waals surface area (Å²) in [6.07, 6.45) is 1.80. The van der Waals surface area contributed by atoms with E-state index in [1.807, 2.05) is 24.3 Å². The molecule has 0 heterocycles. The Bertz CT molecular complexity index is 352. The van der Waals surface area contributed by atoms with Crippen LogP contribution in [0.25, 0.3) is 0 Å². The number of hydrogen-bond donors (Lipinski definition) is 2. The van der Waals surface area contributed by atoms with Crippen LogP contribution >= 0.6 is 0 Å². The van der Waals surface area contributed by atoms with Crippen LogP contribution in [-0.4, -0.2) is 24.7 Å². The van der Waals surface area contributed by atoms with E-state index in [9.17, 15) is 4.79 Å². The maximum absolute atomic E-state index is 10.3. The first-order chi connectivity index (χ1) is 8.24. The Kier molecular flexibility index (Phi) is 6.10. The van der Waals surface area contributed by atoms with Crippen LogP contribution in [0.5, 0.6) is 0 Å². The molecule has 0 saturated carbocycles. The molecule has 1 aromatic carbocycles. The lowest BCUT2D eigenvalue weighted by Crippen LogP contribution is -2.05. The van der Waals surface area contributed by atoms with Crippen molar-refractivity contribution in [3.05, 3.63) is 29.8 Å². The molecular weight excluding hydrogens is 218 g/mol. The molecule has 0 aliphatic heterocycles. The van der Waals surface area contributed by atoms with E-state index in [2.05, 4.69) is 5.32 Å². The largest absolute Gasteiger partial charge is 0.481 e. The maximum Gasteiger partial charge on any atom is 0.303 e. The Labute approximate surface area is 102 Å². The molecule has 0 amide bonds. The fraction of sp³-hybridized carbons (Fsp3) is 0.462. The standard InChI is InChI=1S/C13H19NO3/c1-17-10-11-6-2-3-7-12(11)14-9-5-4-8-13(15)16/h2-3,6-7,14H,4-5,8-10H2,1H3,(H,15,16). The van der Waals surface area contributed by atoms with Gasteiger partial charge in [-0.25, -0.2) is 0 Å². The second-order valence-corrected chi connectivity index (χ2v) is 3.87. The first-order valence-corrected chi connectivity index (χ1v) is 5.76. The number of unbranched alkanes of at least 4 members (excludes halogenated alkanes) is 1. The molecule has 2 N–H and O–H groups in total. The fourth-order valence-corrected chi connectivity index (χ4v) is 1.60. The Morgan fingerprint density at radius 3 is 2.82 bits per heavy atom. The molecule has 17 heavy (non-hydrogen) atoms. The quantitative estimate of drug-likeness (QED) is 0.682. The van der Waals surface area contributed by atoms with E-state index < -0.39 is 5.97 Å². The van der Waals surface area contributed by atoms with Crippen molar-refractivity contribution in [3.63, 3.8) is 0 Å². The van der Waals surface area contributed by atoms with Gasteiger partial charge in [0.15, 0.2) is 0 Å². The van der Waals surface area contributed by atoms with Gasteiger partial charge in [0, 0.05) is 31.3 Å². The minimum absolute atomic E-state index is 0.237. The molecule has 0 aliphatic rings. The van der Waals surface area contributed by atoms with Crippen LogP contribution in [0.2, 0.25) is 0 Å². The zero-order valence-corrected chi connectivity index (χ0v) is 10.1. The van der Waals surface area contributed by atoms with Crippen LogP contribution in [0, 0.1) is 0 Å². The number of nitrogens with one attached hydrogen (secondary N) is 1. The zero-order valence-electron chi connectivity index (χ0n) is 10.1. The normalized spacial score (nSPS) is 10.2. The van der Waals surface area contributed by atoms with Gasteiger partial charge in [0.25, 0.3) is 0 Å². The summed E-state index contributed by atoms with van der Waals surface area (Å²) >= 11 is 0. The topological polar surface area (TPSA) is 58.6 Å². The van der Waals surface area contributed by atoms with Gasteiger partial charge in [-0.05, 0) is 18.9 Å². The first kappa shape index (κ1) is 13.5. The summed E-state index contributed by atoms with van der Waals surface area (Å²) in [4.78, 5) is 10.3. The van der Waals surface area contributed by atoms with Crippen molar-refractivity contribution in [2.45, 2.75) is 25.9 Å². The van der Waals surface area contributed by atoms with Crippen LogP contribution in [0.15, 0.2) is 24.3 Å². The summed E-state index contributed by atoms with van der Waals surface area (Å²) in [6, 6.07) is 7.97. The fourth-order valence-electron chi connectivity index (χ4n) is 1.60. The van der Waals surface area contributed by atoms with E-state index >= 15 is 0 Å². The van der Waals surface area contributed by atoms with Gasteiger partial charge in [0.05, 0.1) is 6.61 Å². The second-order valence-electron chi connectivity index (χ2n) is 3.87. The van der Waals surface area contributed by atoms with Crippen molar-refractivity contribution < 1.29 is 14.6 Å². The third kappa shape index (κ3) is 5.36. The van der Waals surface area contributed by atoms with E-state index in [1.165, 1.54) is 0 Å². The molecule has 0 unspecified atom stereocenters. The highest BCUT2D eigenvalue weighted by molar-refractivity contribution is 5.66. The predicted molar refractivity (Wildman–Crippen MR) is 67.1 cm³/mol. The molecule has 0 fully saturated rings. The number of benzene rings is 1. The van der Waals surface area contributed by atoms with Gasteiger partial charge in [-0.2, -0.15) is 0 Å². The third-order valence-electron chi connectivity index (χ3n) is 2.45. The maximum atomic E-state index is 10.3. The molecule has 0 spiro atoms. The number of aliphatic carboxylic acids is 1. The van der Waals surface area contributed by atoms with Crippen LogP contribution in [0.1, 0.15) is 24.8 Å². The Hall–Kier alpha value is -1.55. The lowest BCUT2D eigenvalue weighted by molar-refractivity contribution is -0.137. The predicted octanol–water partition coefficient (Wildman–Crippen LogP) is 2.50. The number of rotatable bonds is 8. The molecule has 0 aliphatic carbocycles. The summed E-state index contributed by atoms with van der Waals surface area (Å²) in [6.45, 7) is 1.37.